The zero-order chi connectivity index (χ0) is 16.8. The number of hydrogen-bond acceptors (Lipinski definition) is 3. The summed E-state index contributed by atoms with van der Waals surface area (Å²) >= 11 is 12.4. The highest BCUT2D eigenvalue weighted by Gasteiger charge is 2.47. The molecule has 0 aliphatic carbocycles. The van der Waals surface area contributed by atoms with Crippen LogP contribution in [0, 0.1) is 5.41 Å². The van der Waals surface area contributed by atoms with Crippen molar-refractivity contribution in [2.45, 2.75) is 64.0 Å². The highest BCUT2D eigenvalue weighted by molar-refractivity contribution is 6.35. The molecule has 0 unspecified atom stereocenters. The van der Waals surface area contributed by atoms with Crippen molar-refractivity contribution in [2.75, 3.05) is 13.1 Å². The second kappa shape index (κ2) is 7.13. The van der Waals surface area contributed by atoms with Crippen molar-refractivity contribution in [3.8, 4) is 0 Å². The summed E-state index contributed by atoms with van der Waals surface area (Å²) in [4.78, 5) is 2.55. The normalized spacial score (nSPS) is 31.2. The molecule has 2 fully saturated rings. The van der Waals surface area contributed by atoms with Gasteiger partial charge in [-0.05, 0) is 54.7 Å². The lowest BCUT2D eigenvalue weighted by Crippen LogP contribution is -2.57. The number of piperidine rings is 2. The fraction of sp³-hybridized carbons (Fsp3) is 0.684. The zero-order valence-corrected chi connectivity index (χ0v) is 16.5. The Bertz CT molecular complexity index is 587. The van der Waals surface area contributed by atoms with E-state index >= 15 is 0 Å². The van der Waals surface area contributed by atoms with Gasteiger partial charge in [-0.3, -0.25) is 4.90 Å². The maximum Gasteiger partial charge on any atom is 0.0722 e. The van der Waals surface area contributed by atoms with E-state index in [9.17, 15) is 5.11 Å². The zero-order valence-electron chi connectivity index (χ0n) is 15.0. The van der Waals surface area contributed by atoms with Crippen LogP contribution in [0.15, 0.2) is 18.2 Å². The average Bonchev–Trinajstić information content (AvgIpc) is 2.46. The van der Waals surface area contributed by atoms with Crippen LogP contribution in [0.5, 0.6) is 0 Å². The molecule has 4 N–H and O–H groups in total. The van der Waals surface area contributed by atoms with Gasteiger partial charge < -0.3 is 11.3 Å². The molecule has 2 saturated heterocycles. The molecular formula is C19H30Cl2N2O. The van der Waals surface area contributed by atoms with E-state index in [-0.39, 0.29) is 11.6 Å². The minimum absolute atomic E-state index is 0. The second-order valence-electron chi connectivity index (χ2n) is 8.32. The first-order chi connectivity index (χ1) is 10.7. The molecule has 0 amide bonds. The molecule has 2 heterocycles. The summed E-state index contributed by atoms with van der Waals surface area (Å²) in [5.41, 5.74) is 0.611. The minimum Gasteiger partial charge on any atom is -0.389 e. The largest absolute Gasteiger partial charge is 0.389 e. The number of fused-ring (bicyclic) bond motifs is 1. The van der Waals surface area contributed by atoms with Crippen LogP contribution in [0.1, 0.15) is 57.9 Å². The average molecular weight is 373 g/mol. The summed E-state index contributed by atoms with van der Waals surface area (Å²) in [6, 6.07) is 6.35. The molecule has 0 bridgehead atoms. The smallest absolute Gasteiger partial charge is 0.0722 e. The Hall–Kier alpha value is -0.320. The Morgan fingerprint density at radius 3 is 2.54 bits per heavy atom. The van der Waals surface area contributed by atoms with Gasteiger partial charge in [-0.2, -0.15) is 0 Å². The van der Waals surface area contributed by atoms with E-state index in [0.717, 1.165) is 43.8 Å². The summed E-state index contributed by atoms with van der Waals surface area (Å²) in [6.07, 6.45) is 4.00. The maximum atomic E-state index is 11.0. The van der Waals surface area contributed by atoms with Crippen LogP contribution in [0.4, 0.5) is 0 Å². The SMILES string of the molecule is CC(C)(C)[C@]1(O)CCN2C[C@@H](c3ccc(Cl)cc3Cl)CC[C@@H]2C1.N. The predicted octanol–water partition coefficient (Wildman–Crippen LogP) is 5.27. The van der Waals surface area contributed by atoms with Gasteiger partial charge in [0.25, 0.3) is 0 Å². The summed E-state index contributed by atoms with van der Waals surface area (Å²) in [7, 11) is 0. The molecule has 1 aromatic carbocycles. The number of aliphatic hydroxyl groups is 1. The Morgan fingerprint density at radius 2 is 1.92 bits per heavy atom. The third-order valence-electron chi connectivity index (χ3n) is 6.00. The van der Waals surface area contributed by atoms with Crippen molar-refractivity contribution in [1.82, 2.24) is 11.1 Å². The number of rotatable bonds is 1. The molecule has 0 saturated carbocycles. The first-order valence-corrected chi connectivity index (χ1v) is 9.36. The van der Waals surface area contributed by atoms with Crippen LogP contribution < -0.4 is 6.15 Å². The molecule has 3 rings (SSSR count). The van der Waals surface area contributed by atoms with Crippen LogP contribution in [0.25, 0.3) is 0 Å². The molecule has 136 valence electrons. The monoisotopic (exact) mass is 372 g/mol. The summed E-state index contributed by atoms with van der Waals surface area (Å²) in [5.74, 6) is 0.469. The van der Waals surface area contributed by atoms with Gasteiger partial charge in [-0.15, -0.1) is 0 Å². The van der Waals surface area contributed by atoms with Gasteiger partial charge in [0.1, 0.15) is 0 Å². The standard InChI is InChI=1S/C19H27Cl2NO.H3N/c1-18(2,3)19(23)8-9-22-12-13(4-6-15(22)11-19)16-7-5-14(20)10-17(16)21;/h5,7,10,13,15,23H,4,6,8-9,11-12H2,1-3H3;1H3/t13-,15+,19-;/m0./s1. The lowest BCUT2D eigenvalue weighted by molar-refractivity contribution is -0.122. The summed E-state index contributed by atoms with van der Waals surface area (Å²) in [5, 5.41) is 12.5. The molecule has 0 spiro atoms. The lowest BCUT2D eigenvalue weighted by Gasteiger charge is -2.52. The fourth-order valence-corrected chi connectivity index (χ4v) is 4.76. The number of benzene rings is 1. The fourth-order valence-electron chi connectivity index (χ4n) is 4.19. The van der Waals surface area contributed by atoms with Crippen molar-refractivity contribution < 1.29 is 5.11 Å². The van der Waals surface area contributed by atoms with Gasteiger partial charge in [0.15, 0.2) is 0 Å². The van der Waals surface area contributed by atoms with Gasteiger partial charge in [-0.25, -0.2) is 0 Å². The van der Waals surface area contributed by atoms with Crippen LogP contribution in [0.2, 0.25) is 10.0 Å². The van der Waals surface area contributed by atoms with E-state index in [1.165, 1.54) is 5.56 Å². The van der Waals surface area contributed by atoms with E-state index in [1.54, 1.807) is 0 Å². The quantitative estimate of drug-likeness (QED) is 0.705. The predicted molar refractivity (Wildman–Crippen MR) is 102 cm³/mol. The molecule has 3 nitrogen and oxygen atoms in total. The van der Waals surface area contributed by atoms with Crippen molar-refractivity contribution in [1.29, 1.82) is 0 Å². The molecular weight excluding hydrogens is 343 g/mol. The van der Waals surface area contributed by atoms with Gasteiger partial charge in [0, 0.05) is 29.2 Å². The minimum atomic E-state index is -0.543. The number of halogens is 2. The Labute approximate surface area is 155 Å². The van der Waals surface area contributed by atoms with E-state index in [1.807, 2.05) is 12.1 Å². The Morgan fingerprint density at radius 1 is 1.21 bits per heavy atom. The molecule has 24 heavy (non-hydrogen) atoms. The Kier molecular flexibility index (Phi) is 5.94. The van der Waals surface area contributed by atoms with Crippen LogP contribution >= 0.6 is 23.2 Å². The number of hydrogen-bond donors (Lipinski definition) is 2. The van der Waals surface area contributed by atoms with Crippen molar-refractivity contribution in [2.24, 2.45) is 5.41 Å². The van der Waals surface area contributed by atoms with E-state index in [0.29, 0.717) is 17.0 Å². The highest BCUT2D eigenvalue weighted by Crippen LogP contribution is 2.45. The van der Waals surface area contributed by atoms with Gasteiger partial charge >= 0.3 is 0 Å². The third kappa shape index (κ3) is 3.76. The van der Waals surface area contributed by atoms with Gasteiger partial charge in [-0.1, -0.05) is 50.0 Å². The summed E-state index contributed by atoms with van der Waals surface area (Å²) < 4.78 is 0. The van der Waals surface area contributed by atoms with Crippen molar-refractivity contribution in [3.05, 3.63) is 33.8 Å². The van der Waals surface area contributed by atoms with Gasteiger partial charge in [0.2, 0.25) is 0 Å². The second-order valence-corrected chi connectivity index (χ2v) is 9.17. The molecule has 0 aromatic heterocycles. The first-order valence-electron chi connectivity index (χ1n) is 8.61. The topological polar surface area (TPSA) is 58.5 Å². The molecule has 5 heteroatoms. The van der Waals surface area contributed by atoms with Crippen LogP contribution in [-0.4, -0.2) is 34.7 Å². The lowest BCUT2D eigenvalue weighted by atomic mass is 9.67. The van der Waals surface area contributed by atoms with E-state index in [2.05, 4.69) is 31.7 Å². The number of nitrogens with zero attached hydrogens (tertiary/aromatic N) is 1. The highest BCUT2D eigenvalue weighted by atomic mass is 35.5. The van der Waals surface area contributed by atoms with Crippen LogP contribution in [0.3, 0.4) is 0 Å². The molecule has 3 atom stereocenters. The molecule has 0 radical (unpaired) electrons. The van der Waals surface area contributed by atoms with E-state index < -0.39 is 5.60 Å². The first kappa shape index (κ1) is 20.0. The summed E-state index contributed by atoms with van der Waals surface area (Å²) in [6.45, 7) is 8.47. The molecule has 2 aliphatic heterocycles. The molecule has 1 aromatic rings. The molecule has 2 aliphatic rings. The van der Waals surface area contributed by atoms with Crippen molar-refractivity contribution in [3.63, 3.8) is 0 Å². The maximum absolute atomic E-state index is 11.0. The van der Waals surface area contributed by atoms with Crippen LogP contribution in [-0.2, 0) is 0 Å². The van der Waals surface area contributed by atoms with E-state index in [4.69, 9.17) is 23.2 Å². The van der Waals surface area contributed by atoms with Crippen molar-refractivity contribution >= 4 is 23.2 Å². The third-order valence-corrected chi connectivity index (χ3v) is 6.57. The van der Waals surface area contributed by atoms with Gasteiger partial charge in [0.05, 0.1) is 5.60 Å². The Balaban J connectivity index is 0.00000208.